The monoisotopic (exact) mass is 190 g/mol. The van der Waals surface area contributed by atoms with Gasteiger partial charge in [-0.25, -0.2) is 4.39 Å². The predicted octanol–water partition coefficient (Wildman–Crippen LogP) is 1.99. The van der Waals surface area contributed by atoms with Crippen molar-refractivity contribution in [2.24, 2.45) is 0 Å². The van der Waals surface area contributed by atoms with Crippen LogP contribution in [0.5, 0.6) is 5.75 Å². The number of aromatic hydroxyl groups is 1. The van der Waals surface area contributed by atoms with Crippen LogP contribution in [0.3, 0.4) is 0 Å². The van der Waals surface area contributed by atoms with E-state index in [0.29, 0.717) is 5.56 Å². The minimum Gasteiger partial charge on any atom is -0.505 e. The van der Waals surface area contributed by atoms with E-state index in [4.69, 9.17) is 21.8 Å². The highest BCUT2D eigenvalue weighted by atomic mass is 35.5. The summed E-state index contributed by atoms with van der Waals surface area (Å²) in [5, 5.41) is 18.0. The van der Waals surface area contributed by atoms with E-state index in [-0.39, 0.29) is 10.6 Å². The maximum Gasteiger partial charge on any atom is 0.165 e. The minimum atomic E-state index is -0.763. The third-order valence-electron chi connectivity index (χ3n) is 1.62. The Morgan fingerprint density at radius 2 is 2.17 bits per heavy atom. The average molecular weight is 191 g/mol. The van der Waals surface area contributed by atoms with Crippen molar-refractivity contribution >= 4 is 11.6 Å². The van der Waals surface area contributed by atoms with Crippen LogP contribution in [0.4, 0.5) is 4.39 Å². The lowest BCUT2D eigenvalue weighted by Crippen LogP contribution is -1.92. The Morgan fingerprint density at radius 1 is 1.58 bits per heavy atom. The van der Waals surface area contributed by atoms with E-state index in [1.807, 2.05) is 0 Å². The van der Waals surface area contributed by atoms with E-state index in [9.17, 15) is 4.39 Å². The van der Waals surface area contributed by atoms with Gasteiger partial charge in [0.15, 0.2) is 11.6 Å². The molecule has 0 fully saturated rings. The lowest BCUT2D eigenvalue weighted by molar-refractivity contribution is 0.273. The highest BCUT2D eigenvalue weighted by Crippen LogP contribution is 2.31. The van der Waals surface area contributed by atoms with Crippen LogP contribution in [0.15, 0.2) is 6.07 Å². The second-order valence-electron chi connectivity index (χ2n) is 2.47. The molecule has 1 aromatic rings. The highest BCUT2D eigenvalue weighted by molar-refractivity contribution is 6.32. The molecule has 0 atom stereocenters. The number of aryl methyl sites for hydroxylation is 1. The first-order valence-electron chi connectivity index (χ1n) is 3.35. The maximum atomic E-state index is 12.8. The number of halogens is 2. The standard InChI is InChI=1S/C8H8ClFO2/c1-4-2-6(10)8(12)5(3-11)7(4)9/h2,11-12H,3H2,1H3. The fourth-order valence-corrected chi connectivity index (χ4v) is 1.16. The van der Waals surface area contributed by atoms with Gasteiger partial charge in [-0.05, 0) is 18.6 Å². The fourth-order valence-electron chi connectivity index (χ4n) is 0.952. The molecule has 0 amide bonds. The van der Waals surface area contributed by atoms with Crippen molar-refractivity contribution in [2.45, 2.75) is 13.5 Å². The Morgan fingerprint density at radius 3 is 2.67 bits per heavy atom. The number of hydrogen-bond acceptors (Lipinski definition) is 2. The quantitative estimate of drug-likeness (QED) is 0.711. The van der Waals surface area contributed by atoms with Gasteiger partial charge >= 0.3 is 0 Å². The van der Waals surface area contributed by atoms with Gasteiger partial charge in [0.25, 0.3) is 0 Å². The number of phenols is 1. The van der Waals surface area contributed by atoms with E-state index < -0.39 is 18.2 Å². The van der Waals surface area contributed by atoms with Gasteiger partial charge < -0.3 is 10.2 Å². The molecule has 2 N–H and O–H groups in total. The number of rotatable bonds is 1. The SMILES string of the molecule is Cc1cc(F)c(O)c(CO)c1Cl. The van der Waals surface area contributed by atoms with E-state index in [0.717, 1.165) is 6.07 Å². The highest BCUT2D eigenvalue weighted by Gasteiger charge is 2.12. The number of aliphatic hydroxyl groups is 1. The zero-order valence-electron chi connectivity index (χ0n) is 6.43. The van der Waals surface area contributed by atoms with Gasteiger partial charge in [0.1, 0.15) is 0 Å². The van der Waals surface area contributed by atoms with Gasteiger partial charge in [-0.15, -0.1) is 0 Å². The molecule has 12 heavy (non-hydrogen) atoms. The van der Waals surface area contributed by atoms with Crippen molar-refractivity contribution in [3.05, 3.63) is 28.0 Å². The lowest BCUT2D eigenvalue weighted by Gasteiger charge is -2.07. The molecule has 4 heteroatoms. The van der Waals surface area contributed by atoms with Gasteiger partial charge in [-0.2, -0.15) is 0 Å². The van der Waals surface area contributed by atoms with E-state index in [1.54, 1.807) is 6.92 Å². The molecular formula is C8H8ClFO2. The van der Waals surface area contributed by atoms with Crippen molar-refractivity contribution in [1.29, 1.82) is 0 Å². The summed E-state index contributed by atoms with van der Waals surface area (Å²) in [7, 11) is 0. The molecule has 0 aliphatic carbocycles. The molecule has 1 aromatic carbocycles. The molecule has 0 radical (unpaired) electrons. The Kier molecular flexibility index (Phi) is 2.55. The van der Waals surface area contributed by atoms with Crippen LogP contribution >= 0.6 is 11.6 Å². The molecule has 0 spiro atoms. The number of aliphatic hydroxyl groups excluding tert-OH is 1. The molecule has 0 aliphatic heterocycles. The molecule has 0 aromatic heterocycles. The Balaban J connectivity index is 3.42. The zero-order valence-corrected chi connectivity index (χ0v) is 7.19. The first-order chi connectivity index (χ1) is 5.57. The van der Waals surface area contributed by atoms with Crippen LogP contribution < -0.4 is 0 Å². The summed E-state index contributed by atoms with van der Waals surface area (Å²) >= 11 is 5.68. The van der Waals surface area contributed by atoms with Crippen LogP contribution in [-0.2, 0) is 6.61 Å². The molecule has 1 rings (SSSR count). The largest absolute Gasteiger partial charge is 0.505 e. The van der Waals surface area contributed by atoms with Crippen LogP contribution in [0, 0.1) is 12.7 Å². The summed E-state index contributed by atoms with van der Waals surface area (Å²) in [5.74, 6) is -1.34. The second-order valence-corrected chi connectivity index (χ2v) is 2.85. The minimum absolute atomic E-state index is 0.0363. The summed E-state index contributed by atoms with van der Waals surface area (Å²) in [6.45, 7) is 1.13. The topological polar surface area (TPSA) is 40.5 Å². The summed E-state index contributed by atoms with van der Waals surface area (Å²) in [5.41, 5.74) is 0.533. The molecule has 0 aliphatic rings. The van der Waals surface area contributed by atoms with Gasteiger partial charge in [-0.1, -0.05) is 11.6 Å². The lowest BCUT2D eigenvalue weighted by atomic mass is 10.1. The van der Waals surface area contributed by atoms with Crippen molar-refractivity contribution in [3.63, 3.8) is 0 Å². The van der Waals surface area contributed by atoms with E-state index in [1.165, 1.54) is 0 Å². The fraction of sp³-hybridized carbons (Fsp3) is 0.250. The van der Waals surface area contributed by atoms with Crippen molar-refractivity contribution < 1.29 is 14.6 Å². The van der Waals surface area contributed by atoms with Crippen molar-refractivity contribution in [3.8, 4) is 5.75 Å². The number of benzene rings is 1. The molecule has 0 saturated carbocycles. The maximum absolute atomic E-state index is 12.8. The van der Waals surface area contributed by atoms with Gasteiger partial charge in [0.05, 0.1) is 11.6 Å². The summed E-state index contributed by atoms with van der Waals surface area (Å²) in [6.07, 6.45) is 0. The Hall–Kier alpha value is -0.800. The van der Waals surface area contributed by atoms with Gasteiger partial charge in [-0.3, -0.25) is 0 Å². The molecule has 66 valence electrons. The normalized spacial score (nSPS) is 10.3. The number of hydrogen-bond donors (Lipinski definition) is 2. The summed E-state index contributed by atoms with van der Waals surface area (Å²) < 4.78 is 12.8. The molecule has 0 unspecified atom stereocenters. The third-order valence-corrected chi connectivity index (χ3v) is 2.15. The average Bonchev–Trinajstić information content (AvgIpc) is 2.02. The third kappa shape index (κ3) is 1.38. The molecule has 0 saturated heterocycles. The van der Waals surface area contributed by atoms with E-state index >= 15 is 0 Å². The second kappa shape index (κ2) is 3.29. The van der Waals surface area contributed by atoms with Crippen LogP contribution in [0.2, 0.25) is 5.02 Å². The zero-order chi connectivity index (χ0) is 9.30. The van der Waals surface area contributed by atoms with Crippen LogP contribution in [0.1, 0.15) is 11.1 Å². The Labute approximate surface area is 74.2 Å². The first kappa shape index (κ1) is 9.29. The predicted molar refractivity (Wildman–Crippen MR) is 43.7 cm³/mol. The first-order valence-corrected chi connectivity index (χ1v) is 3.73. The van der Waals surface area contributed by atoms with Gasteiger partial charge in [0.2, 0.25) is 0 Å². The molecule has 0 bridgehead atoms. The van der Waals surface area contributed by atoms with Gasteiger partial charge in [0, 0.05) is 5.56 Å². The summed E-state index contributed by atoms with van der Waals surface area (Å²) in [6, 6.07) is 1.12. The van der Waals surface area contributed by atoms with Crippen molar-refractivity contribution in [1.82, 2.24) is 0 Å². The van der Waals surface area contributed by atoms with Crippen LogP contribution in [-0.4, -0.2) is 10.2 Å². The molecule has 2 nitrogen and oxygen atoms in total. The van der Waals surface area contributed by atoms with E-state index in [2.05, 4.69) is 0 Å². The van der Waals surface area contributed by atoms with Crippen molar-refractivity contribution in [2.75, 3.05) is 0 Å². The smallest absolute Gasteiger partial charge is 0.165 e. The summed E-state index contributed by atoms with van der Waals surface area (Å²) in [4.78, 5) is 0. The molecular weight excluding hydrogens is 183 g/mol. The molecule has 0 heterocycles. The van der Waals surface area contributed by atoms with Crippen LogP contribution in [0.25, 0.3) is 0 Å². The Bertz CT molecular complexity index is 286.